The Balaban J connectivity index is 1.73. The Bertz CT molecular complexity index is 1160. The van der Waals surface area contributed by atoms with Crippen LogP contribution in [0.4, 0.5) is 33.3 Å². The molecule has 0 aliphatic carbocycles. The number of benzene rings is 2. The molecule has 0 unspecified atom stereocenters. The van der Waals surface area contributed by atoms with Crippen LogP contribution in [0.25, 0.3) is 0 Å². The van der Waals surface area contributed by atoms with Crippen molar-refractivity contribution in [2.24, 2.45) is 5.73 Å². The Morgan fingerprint density at radius 2 is 1.87 bits per heavy atom. The highest BCUT2D eigenvalue weighted by Gasteiger charge is 2.31. The SMILES string of the molecule is C[C@H]1CN(c2cc(Cl)ccc2NC(=O)c2ccc(CNC(=O)CCN)c(F)c2F)CCN1CCC(F)(F)F. The number of hydrogen-bond acceptors (Lipinski definition) is 5. The van der Waals surface area contributed by atoms with Crippen molar-refractivity contribution in [3.05, 3.63) is 58.1 Å². The Morgan fingerprint density at radius 1 is 1.13 bits per heavy atom. The quantitative estimate of drug-likeness (QED) is 0.397. The summed E-state index contributed by atoms with van der Waals surface area (Å²) in [5.74, 6) is -3.94. The molecule has 7 nitrogen and oxygen atoms in total. The molecule has 1 atom stereocenters. The van der Waals surface area contributed by atoms with Gasteiger partial charge in [-0.15, -0.1) is 0 Å². The molecule has 13 heteroatoms. The molecular formula is C25H29ClF5N5O2. The minimum Gasteiger partial charge on any atom is -0.367 e. The maximum Gasteiger partial charge on any atom is 0.390 e. The minimum absolute atomic E-state index is 0.0371. The second kappa shape index (κ2) is 12.7. The zero-order chi connectivity index (χ0) is 28.0. The van der Waals surface area contributed by atoms with Gasteiger partial charge < -0.3 is 21.3 Å². The number of carbonyl (C=O) groups excluding carboxylic acids is 2. The van der Waals surface area contributed by atoms with Gasteiger partial charge in [0.1, 0.15) is 0 Å². The number of nitrogens with one attached hydrogen (secondary N) is 2. The van der Waals surface area contributed by atoms with E-state index in [1.807, 2.05) is 11.8 Å². The average molecular weight is 562 g/mol. The zero-order valence-electron chi connectivity index (χ0n) is 20.7. The van der Waals surface area contributed by atoms with Gasteiger partial charge in [0.25, 0.3) is 5.91 Å². The topological polar surface area (TPSA) is 90.7 Å². The molecule has 1 aliphatic heterocycles. The van der Waals surface area contributed by atoms with Crippen LogP contribution in [0.15, 0.2) is 30.3 Å². The van der Waals surface area contributed by atoms with Crippen LogP contribution in [-0.4, -0.2) is 61.7 Å². The summed E-state index contributed by atoms with van der Waals surface area (Å²) in [5.41, 5.74) is 5.41. The van der Waals surface area contributed by atoms with Gasteiger partial charge in [-0.3, -0.25) is 14.5 Å². The number of nitrogens with two attached hydrogens (primary N) is 1. The third-order valence-electron chi connectivity index (χ3n) is 6.25. The number of anilines is 2. The highest BCUT2D eigenvalue weighted by atomic mass is 35.5. The fourth-order valence-electron chi connectivity index (χ4n) is 4.19. The molecule has 1 fully saturated rings. The first-order chi connectivity index (χ1) is 17.9. The molecule has 208 valence electrons. The van der Waals surface area contributed by atoms with Crippen molar-refractivity contribution in [2.45, 2.75) is 38.5 Å². The van der Waals surface area contributed by atoms with Gasteiger partial charge in [0, 0.05) is 62.3 Å². The molecule has 0 saturated carbocycles. The van der Waals surface area contributed by atoms with Gasteiger partial charge in [0.2, 0.25) is 5.91 Å². The summed E-state index contributed by atoms with van der Waals surface area (Å²) in [5, 5.41) is 5.37. The average Bonchev–Trinajstić information content (AvgIpc) is 2.84. The van der Waals surface area contributed by atoms with E-state index in [-0.39, 0.29) is 43.3 Å². The molecule has 3 rings (SSSR count). The van der Waals surface area contributed by atoms with Gasteiger partial charge >= 0.3 is 6.18 Å². The molecule has 0 aromatic heterocycles. The Hall–Kier alpha value is -2.96. The standard InChI is InChI=1S/C25H29ClF5N5O2/c1-15-14-36(11-10-35(15)9-7-25(29,30)31)20-12-17(26)3-5-19(20)34-24(38)18-4-2-16(22(27)23(18)28)13-33-21(37)6-8-32/h2-5,12,15H,6-11,13-14,32H2,1H3,(H,33,37)(H,34,38)/t15-/m0/s1. The van der Waals surface area contributed by atoms with E-state index in [1.165, 1.54) is 18.2 Å². The van der Waals surface area contributed by atoms with E-state index < -0.39 is 41.6 Å². The number of halogens is 6. The molecule has 0 radical (unpaired) electrons. The molecule has 1 heterocycles. The molecule has 2 aromatic rings. The van der Waals surface area contributed by atoms with Crippen LogP contribution in [0.3, 0.4) is 0 Å². The molecule has 38 heavy (non-hydrogen) atoms. The van der Waals surface area contributed by atoms with Crippen molar-refractivity contribution < 1.29 is 31.5 Å². The summed E-state index contributed by atoms with van der Waals surface area (Å²) in [4.78, 5) is 28.1. The predicted molar refractivity (Wildman–Crippen MR) is 135 cm³/mol. The normalized spacial score (nSPS) is 16.4. The highest BCUT2D eigenvalue weighted by Crippen LogP contribution is 2.32. The van der Waals surface area contributed by atoms with Crippen LogP contribution < -0.4 is 21.3 Å². The number of amides is 2. The second-order valence-electron chi connectivity index (χ2n) is 9.03. The van der Waals surface area contributed by atoms with Crippen LogP contribution in [0.2, 0.25) is 5.02 Å². The molecule has 2 aromatic carbocycles. The van der Waals surface area contributed by atoms with Crippen LogP contribution >= 0.6 is 11.6 Å². The maximum atomic E-state index is 14.8. The van der Waals surface area contributed by atoms with Crippen LogP contribution in [0.1, 0.15) is 35.7 Å². The fraction of sp³-hybridized carbons (Fsp3) is 0.440. The van der Waals surface area contributed by atoms with E-state index in [0.717, 1.165) is 6.07 Å². The first kappa shape index (κ1) is 29.6. The lowest BCUT2D eigenvalue weighted by Crippen LogP contribution is -2.52. The third kappa shape index (κ3) is 7.78. The molecular weight excluding hydrogens is 533 g/mol. The van der Waals surface area contributed by atoms with Gasteiger partial charge in [-0.25, -0.2) is 8.78 Å². The third-order valence-corrected chi connectivity index (χ3v) is 6.49. The number of alkyl halides is 3. The largest absolute Gasteiger partial charge is 0.390 e. The number of hydrogen-bond donors (Lipinski definition) is 3. The summed E-state index contributed by atoms with van der Waals surface area (Å²) in [6, 6.07) is 6.76. The summed E-state index contributed by atoms with van der Waals surface area (Å²) in [6.45, 7) is 2.64. The zero-order valence-corrected chi connectivity index (χ0v) is 21.4. The molecule has 0 spiro atoms. The lowest BCUT2D eigenvalue weighted by Gasteiger charge is -2.41. The summed E-state index contributed by atoms with van der Waals surface area (Å²) >= 11 is 6.17. The number of nitrogens with zero attached hydrogens (tertiary/aromatic N) is 2. The van der Waals surface area contributed by atoms with Gasteiger partial charge in [-0.1, -0.05) is 17.7 Å². The highest BCUT2D eigenvalue weighted by molar-refractivity contribution is 6.31. The summed E-state index contributed by atoms with van der Waals surface area (Å²) in [7, 11) is 0. The van der Waals surface area contributed by atoms with Gasteiger partial charge in [-0.2, -0.15) is 13.2 Å². The number of rotatable bonds is 9. The summed E-state index contributed by atoms with van der Waals surface area (Å²) in [6.07, 6.45) is -5.11. The lowest BCUT2D eigenvalue weighted by atomic mass is 10.1. The number of carbonyl (C=O) groups is 2. The van der Waals surface area contributed by atoms with Crippen LogP contribution in [0, 0.1) is 11.6 Å². The van der Waals surface area contributed by atoms with E-state index in [4.69, 9.17) is 17.3 Å². The van der Waals surface area contributed by atoms with Crippen molar-refractivity contribution in [1.29, 1.82) is 0 Å². The van der Waals surface area contributed by atoms with Crippen LogP contribution in [0.5, 0.6) is 0 Å². The van der Waals surface area contributed by atoms with Crippen LogP contribution in [-0.2, 0) is 11.3 Å². The van der Waals surface area contributed by atoms with E-state index in [2.05, 4.69) is 10.6 Å². The molecule has 2 amide bonds. The number of piperazine rings is 1. The van der Waals surface area contributed by atoms with Gasteiger partial charge in [0.05, 0.1) is 23.4 Å². The van der Waals surface area contributed by atoms with Gasteiger partial charge in [0.15, 0.2) is 11.6 Å². The van der Waals surface area contributed by atoms with Crippen molar-refractivity contribution >= 4 is 34.8 Å². The first-order valence-electron chi connectivity index (χ1n) is 12.0. The first-order valence-corrected chi connectivity index (χ1v) is 12.4. The lowest BCUT2D eigenvalue weighted by molar-refractivity contribution is -0.139. The van der Waals surface area contributed by atoms with Crippen molar-refractivity contribution in [1.82, 2.24) is 10.2 Å². The Labute approximate surface area is 222 Å². The van der Waals surface area contributed by atoms with E-state index >= 15 is 0 Å². The summed E-state index contributed by atoms with van der Waals surface area (Å²) < 4.78 is 67.3. The Morgan fingerprint density at radius 3 is 2.53 bits per heavy atom. The molecule has 0 bridgehead atoms. The van der Waals surface area contributed by atoms with E-state index in [0.29, 0.717) is 30.3 Å². The fourth-order valence-corrected chi connectivity index (χ4v) is 4.36. The molecule has 1 aliphatic rings. The maximum absolute atomic E-state index is 14.8. The Kier molecular flexibility index (Phi) is 9.91. The monoisotopic (exact) mass is 561 g/mol. The second-order valence-corrected chi connectivity index (χ2v) is 9.46. The van der Waals surface area contributed by atoms with Crippen molar-refractivity contribution in [2.75, 3.05) is 42.9 Å². The van der Waals surface area contributed by atoms with E-state index in [9.17, 15) is 31.5 Å². The van der Waals surface area contributed by atoms with Crippen molar-refractivity contribution in [3.8, 4) is 0 Å². The minimum atomic E-state index is -4.24. The van der Waals surface area contributed by atoms with Crippen molar-refractivity contribution in [3.63, 3.8) is 0 Å². The van der Waals surface area contributed by atoms with E-state index in [1.54, 1.807) is 11.0 Å². The van der Waals surface area contributed by atoms with Gasteiger partial charge in [-0.05, 0) is 31.2 Å². The molecule has 4 N–H and O–H groups in total. The smallest absolute Gasteiger partial charge is 0.367 e. The predicted octanol–water partition coefficient (Wildman–Crippen LogP) is 4.30. The molecule has 1 saturated heterocycles.